The molecule has 0 aromatic heterocycles. The lowest BCUT2D eigenvalue weighted by Crippen LogP contribution is -2.42. The van der Waals surface area contributed by atoms with Gasteiger partial charge in [-0.05, 0) is 54.2 Å². The van der Waals surface area contributed by atoms with Crippen LogP contribution in [-0.4, -0.2) is 11.7 Å². The Labute approximate surface area is 187 Å². The van der Waals surface area contributed by atoms with Gasteiger partial charge in [-0.2, -0.15) is 0 Å². The molecule has 1 aliphatic carbocycles. The second-order valence-corrected chi connectivity index (χ2v) is 8.65. The van der Waals surface area contributed by atoms with Crippen LogP contribution in [-0.2, 0) is 9.59 Å². The van der Waals surface area contributed by atoms with Gasteiger partial charge in [0, 0.05) is 35.7 Å². The third-order valence-corrected chi connectivity index (χ3v) is 6.54. The molecule has 0 saturated heterocycles. The minimum Gasteiger partial charge on any atom is -0.294 e. The zero-order valence-corrected chi connectivity index (χ0v) is 17.9. The Balaban J connectivity index is 1.68. The van der Waals surface area contributed by atoms with Gasteiger partial charge < -0.3 is 0 Å². The number of rotatable bonds is 3. The summed E-state index contributed by atoms with van der Waals surface area (Å²) in [4.78, 5) is 28.7. The first kappa shape index (κ1) is 20.4. The number of hydrogen-bond donors (Lipinski definition) is 0. The lowest BCUT2D eigenvalue weighted by Gasteiger charge is -2.40. The normalized spacial score (nSPS) is 21.0. The molecule has 3 aromatic carbocycles. The van der Waals surface area contributed by atoms with Gasteiger partial charge in [-0.3, -0.25) is 14.5 Å². The van der Waals surface area contributed by atoms with Crippen molar-refractivity contribution in [2.75, 3.05) is 4.90 Å². The SMILES string of the molecule is Cc1cccc(N2C(=O)CC(c3ccccc3F)C3=C2CC(c2ccccc2)CC3=O)c1. The quantitative estimate of drug-likeness (QED) is 0.512. The molecule has 0 saturated carbocycles. The molecule has 2 aliphatic rings. The van der Waals surface area contributed by atoms with Crippen LogP contribution in [0.1, 0.15) is 47.8 Å². The van der Waals surface area contributed by atoms with Gasteiger partial charge in [0.05, 0.1) is 0 Å². The summed E-state index contributed by atoms with van der Waals surface area (Å²) in [5.74, 6) is -1.05. The Morgan fingerprint density at radius 1 is 0.844 bits per heavy atom. The van der Waals surface area contributed by atoms with E-state index >= 15 is 0 Å². The van der Waals surface area contributed by atoms with Crippen molar-refractivity contribution in [3.05, 3.63) is 113 Å². The van der Waals surface area contributed by atoms with Gasteiger partial charge in [-0.25, -0.2) is 4.39 Å². The van der Waals surface area contributed by atoms with E-state index in [1.165, 1.54) is 6.07 Å². The van der Waals surface area contributed by atoms with E-state index in [0.29, 0.717) is 29.7 Å². The van der Waals surface area contributed by atoms with Gasteiger partial charge in [0.25, 0.3) is 0 Å². The highest BCUT2D eigenvalue weighted by Gasteiger charge is 2.43. The topological polar surface area (TPSA) is 37.4 Å². The monoisotopic (exact) mass is 425 g/mol. The molecule has 0 N–H and O–H groups in total. The molecule has 3 nitrogen and oxygen atoms in total. The summed E-state index contributed by atoms with van der Waals surface area (Å²) in [5.41, 5.74) is 4.60. The molecular weight excluding hydrogens is 401 g/mol. The number of carbonyl (C=O) groups is 2. The fraction of sp³-hybridized carbons (Fsp3) is 0.214. The third kappa shape index (κ3) is 3.56. The number of amides is 1. The zero-order valence-electron chi connectivity index (χ0n) is 17.9. The third-order valence-electron chi connectivity index (χ3n) is 6.54. The van der Waals surface area contributed by atoms with Crippen LogP contribution in [0.2, 0.25) is 0 Å². The molecule has 0 radical (unpaired) electrons. The van der Waals surface area contributed by atoms with E-state index < -0.39 is 5.92 Å². The van der Waals surface area contributed by atoms with Crippen LogP contribution in [0.4, 0.5) is 10.1 Å². The lowest BCUT2D eigenvalue weighted by molar-refractivity contribution is -0.120. The fourth-order valence-electron chi connectivity index (χ4n) is 5.09. The van der Waals surface area contributed by atoms with E-state index in [0.717, 1.165) is 16.8 Å². The van der Waals surface area contributed by atoms with Gasteiger partial charge in [-0.15, -0.1) is 0 Å². The Morgan fingerprint density at radius 3 is 2.34 bits per heavy atom. The average molecular weight is 426 g/mol. The van der Waals surface area contributed by atoms with Crippen LogP contribution in [0, 0.1) is 12.7 Å². The molecule has 0 spiro atoms. The van der Waals surface area contributed by atoms with Gasteiger partial charge in [0.1, 0.15) is 5.82 Å². The average Bonchev–Trinajstić information content (AvgIpc) is 2.79. The predicted octanol–water partition coefficient (Wildman–Crippen LogP) is 6.06. The molecule has 0 bridgehead atoms. The van der Waals surface area contributed by atoms with Gasteiger partial charge in [-0.1, -0.05) is 60.7 Å². The predicted molar refractivity (Wildman–Crippen MR) is 123 cm³/mol. The summed E-state index contributed by atoms with van der Waals surface area (Å²) >= 11 is 0. The Bertz CT molecular complexity index is 1230. The maximum absolute atomic E-state index is 14.7. The molecule has 32 heavy (non-hydrogen) atoms. The molecule has 4 heteroatoms. The van der Waals surface area contributed by atoms with Crippen molar-refractivity contribution < 1.29 is 14.0 Å². The minimum absolute atomic E-state index is 0.00138. The van der Waals surface area contributed by atoms with Crippen molar-refractivity contribution in [3.8, 4) is 0 Å². The summed E-state index contributed by atoms with van der Waals surface area (Å²) in [5, 5.41) is 0. The largest absolute Gasteiger partial charge is 0.294 e. The molecule has 2 atom stereocenters. The molecule has 1 aliphatic heterocycles. The van der Waals surface area contributed by atoms with Crippen LogP contribution in [0.15, 0.2) is 90.1 Å². The fourth-order valence-corrected chi connectivity index (χ4v) is 5.09. The Hall–Kier alpha value is -3.53. The van der Waals surface area contributed by atoms with Gasteiger partial charge in [0.15, 0.2) is 5.78 Å². The van der Waals surface area contributed by atoms with Crippen LogP contribution in [0.3, 0.4) is 0 Å². The maximum Gasteiger partial charge on any atom is 0.232 e. The van der Waals surface area contributed by atoms with Crippen molar-refractivity contribution in [2.24, 2.45) is 0 Å². The molecule has 1 amide bonds. The summed E-state index contributed by atoms with van der Waals surface area (Å²) in [7, 11) is 0. The molecule has 3 aromatic rings. The van der Waals surface area contributed by atoms with Crippen molar-refractivity contribution in [3.63, 3.8) is 0 Å². The first-order chi connectivity index (χ1) is 15.5. The zero-order chi connectivity index (χ0) is 22.2. The van der Waals surface area contributed by atoms with E-state index in [4.69, 9.17) is 0 Å². The molecule has 1 heterocycles. The molecule has 160 valence electrons. The summed E-state index contributed by atoms with van der Waals surface area (Å²) in [6, 6.07) is 24.2. The highest BCUT2D eigenvalue weighted by atomic mass is 19.1. The van der Waals surface area contributed by atoms with Crippen molar-refractivity contribution in [1.29, 1.82) is 0 Å². The number of benzene rings is 3. The highest BCUT2D eigenvalue weighted by molar-refractivity contribution is 6.08. The standard InChI is InChI=1S/C28H24FNO2/c1-18-8-7-11-21(14-18)30-25-15-20(19-9-3-2-4-10-19)16-26(31)28(25)23(17-27(30)32)22-12-5-6-13-24(22)29/h2-14,20,23H,15-17H2,1H3. The van der Waals surface area contributed by atoms with Gasteiger partial charge in [0.2, 0.25) is 5.91 Å². The minimum atomic E-state index is -0.552. The Morgan fingerprint density at radius 2 is 1.59 bits per heavy atom. The summed E-state index contributed by atoms with van der Waals surface area (Å²) < 4.78 is 14.7. The highest BCUT2D eigenvalue weighted by Crippen LogP contribution is 2.47. The van der Waals surface area contributed by atoms with E-state index in [9.17, 15) is 14.0 Å². The molecule has 0 fully saturated rings. The van der Waals surface area contributed by atoms with Crippen LogP contribution >= 0.6 is 0 Å². The molecule has 2 unspecified atom stereocenters. The first-order valence-corrected chi connectivity index (χ1v) is 11.0. The number of allylic oxidation sites excluding steroid dienone is 2. The van der Waals surface area contributed by atoms with E-state index in [1.807, 2.05) is 61.5 Å². The van der Waals surface area contributed by atoms with Crippen molar-refractivity contribution in [2.45, 2.75) is 38.0 Å². The van der Waals surface area contributed by atoms with Crippen LogP contribution < -0.4 is 4.90 Å². The number of Topliss-reactive ketones (excluding diaryl/α,β-unsaturated/α-hetero) is 1. The summed E-state index contributed by atoms with van der Waals surface area (Å²) in [6.45, 7) is 1.98. The number of anilines is 1. The summed E-state index contributed by atoms with van der Waals surface area (Å²) in [6.07, 6.45) is 1.01. The number of halogens is 1. The smallest absolute Gasteiger partial charge is 0.232 e. The van der Waals surface area contributed by atoms with E-state index in [1.54, 1.807) is 23.1 Å². The lowest BCUT2D eigenvalue weighted by atomic mass is 9.72. The molecule has 5 rings (SSSR count). The number of carbonyl (C=O) groups excluding carboxylic acids is 2. The van der Waals surface area contributed by atoms with E-state index in [2.05, 4.69) is 0 Å². The molecular formula is C28H24FNO2. The second-order valence-electron chi connectivity index (χ2n) is 8.65. The van der Waals surface area contributed by atoms with Crippen molar-refractivity contribution >= 4 is 17.4 Å². The van der Waals surface area contributed by atoms with Crippen molar-refractivity contribution in [1.82, 2.24) is 0 Å². The van der Waals surface area contributed by atoms with Crippen LogP contribution in [0.25, 0.3) is 0 Å². The number of nitrogens with zero attached hydrogens (tertiary/aromatic N) is 1. The number of hydrogen-bond acceptors (Lipinski definition) is 2. The Kier molecular flexibility index (Phi) is 5.22. The maximum atomic E-state index is 14.7. The number of ketones is 1. The van der Waals surface area contributed by atoms with Gasteiger partial charge >= 0.3 is 0 Å². The van der Waals surface area contributed by atoms with Crippen LogP contribution in [0.5, 0.6) is 0 Å². The van der Waals surface area contributed by atoms with E-state index in [-0.39, 0.29) is 29.8 Å². The first-order valence-electron chi connectivity index (χ1n) is 11.0. The number of aryl methyl sites for hydroxylation is 1. The second kappa shape index (κ2) is 8.19.